The van der Waals surface area contributed by atoms with Crippen LogP contribution < -0.4 is 0 Å². The van der Waals surface area contributed by atoms with E-state index in [1.807, 2.05) is 6.92 Å². The maximum atomic E-state index is 12.4. The minimum atomic E-state index is -3.74. The fourth-order valence-corrected chi connectivity index (χ4v) is 4.67. The third-order valence-electron chi connectivity index (χ3n) is 4.81. The van der Waals surface area contributed by atoms with Crippen LogP contribution in [0, 0.1) is 12.3 Å². The molecule has 7 heteroatoms. The number of amides is 1. The first kappa shape index (κ1) is 17.2. The molecule has 1 aromatic carbocycles. The van der Waals surface area contributed by atoms with Crippen LogP contribution in [0.1, 0.15) is 31.7 Å². The average Bonchev–Trinajstić information content (AvgIpc) is 2.90. The summed E-state index contributed by atoms with van der Waals surface area (Å²) in [7, 11) is -3.74. The molecule has 24 heavy (non-hydrogen) atoms. The summed E-state index contributed by atoms with van der Waals surface area (Å²) < 4.78 is 35.2. The van der Waals surface area contributed by atoms with Gasteiger partial charge in [0.05, 0.1) is 17.6 Å². The van der Waals surface area contributed by atoms with E-state index in [1.165, 1.54) is 0 Å². The number of ether oxygens (including phenoxy) is 1. The molecule has 1 heterocycles. The fourth-order valence-electron chi connectivity index (χ4n) is 3.57. The van der Waals surface area contributed by atoms with Crippen molar-refractivity contribution in [1.82, 2.24) is 4.90 Å². The number of aryl methyl sites for hydroxylation is 1. The second-order valence-electron chi connectivity index (χ2n) is 6.78. The van der Waals surface area contributed by atoms with Crippen molar-refractivity contribution >= 4 is 16.2 Å². The van der Waals surface area contributed by atoms with Crippen molar-refractivity contribution in [3.8, 4) is 0 Å². The van der Waals surface area contributed by atoms with E-state index in [-0.39, 0.29) is 22.5 Å². The molecule has 3 rings (SSSR count). The highest BCUT2D eigenvalue weighted by Gasteiger charge is 2.51. The molecule has 132 valence electrons. The Balaban J connectivity index is 1.57. The van der Waals surface area contributed by atoms with Crippen LogP contribution in [0.15, 0.2) is 29.2 Å². The van der Waals surface area contributed by atoms with Gasteiger partial charge in [0.25, 0.3) is 10.1 Å². The van der Waals surface area contributed by atoms with E-state index in [4.69, 9.17) is 8.92 Å². The summed E-state index contributed by atoms with van der Waals surface area (Å²) in [5.41, 5.74) is 0.988. The van der Waals surface area contributed by atoms with Crippen LogP contribution in [0.2, 0.25) is 0 Å². The Bertz CT molecular complexity index is 707. The fraction of sp³-hybridized carbons (Fsp3) is 0.588. The molecule has 0 N–H and O–H groups in total. The first-order valence-corrected chi connectivity index (χ1v) is 9.66. The van der Waals surface area contributed by atoms with E-state index in [0.29, 0.717) is 32.5 Å². The Morgan fingerprint density at radius 1 is 1.29 bits per heavy atom. The third-order valence-corrected chi connectivity index (χ3v) is 6.18. The van der Waals surface area contributed by atoms with Crippen molar-refractivity contribution in [3.05, 3.63) is 29.8 Å². The summed E-state index contributed by atoms with van der Waals surface area (Å²) in [6.45, 7) is 5.29. The van der Waals surface area contributed by atoms with Crippen LogP contribution in [0.4, 0.5) is 4.79 Å². The molecule has 1 aliphatic heterocycles. The van der Waals surface area contributed by atoms with Gasteiger partial charge in [-0.05, 0) is 45.2 Å². The molecule has 1 saturated heterocycles. The van der Waals surface area contributed by atoms with E-state index in [9.17, 15) is 13.2 Å². The van der Waals surface area contributed by atoms with Crippen LogP contribution in [0.25, 0.3) is 0 Å². The summed E-state index contributed by atoms with van der Waals surface area (Å²) in [5, 5.41) is 0. The molecule has 0 radical (unpaired) electrons. The van der Waals surface area contributed by atoms with Crippen LogP contribution in [-0.4, -0.2) is 45.2 Å². The summed E-state index contributed by atoms with van der Waals surface area (Å²) in [4.78, 5) is 13.5. The molecule has 1 spiro atoms. The normalized spacial score (nSPS) is 22.4. The molecule has 0 aromatic heterocycles. The van der Waals surface area contributed by atoms with Gasteiger partial charge in [0, 0.05) is 18.5 Å². The SMILES string of the molecule is CCOC(=O)N1CC2(CCC(OS(=O)(=O)c3ccc(C)cc3)C2)C1. The van der Waals surface area contributed by atoms with Crippen molar-refractivity contribution in [1.29, 1.82) is 0 Å². The number of likely N-dealkylation sites (tertiary alicyclic amines) is 1. The van der Waals surface area contributed by atoms with Crippen LogP contribution in [0.3, 0.4) is 0 Å². The Hall–Kier alpha value is -1.60. The highest BCUT2D eigenvalue weighted by atomic mass is 32.2. The second kappa shape index (κ2) is 6.37. The van der Waals surface area contributed by atoms with Gasteiger partial charge in [-0.25, -0.2) is 4.79 Å². The molecule has 2 aliphatic rings. The zero-order valence-electron chi connectivity index (χ0n) is 14.0. The highest BCUT2D eigenvalue weighted by molar-refractivity contribution is 7.86. The van der Waals surface area contributed by atoms with Gasteiger partial charge in [0.1, 0.15) is 0 Å². The number of nitrogens with zero attached hydrogens (tertiary/aromatic N) is 1. The molecule has 1 aromatic rings. The molecule has 1 atom stereocenters. The maximum Gasteiger partial charge on any atom is 0.409 e. The van der Waals surface area contributed by atoms with E-state index in [0.717, 1.165) is 12.0 Å². The lowest BCUT2D eigenvalue weighted by Crippen LogP contribution is -2.57. The molecule has 1 amide bonds. The smallest absolute Gasteiger partial charge is 0.409 e. The zero-order valence-corrected chi connectivity index (χ0v) is 14.8. The average molecular weight is 353 g/mol. The Morgan fingerprint density at radius 2 is 1.96 bits per heavy atom. The molecule has 0 bridgehead atoms. The summed E-state index contributed by atoms with van der Waals surface area (Å²) in [5.74, 6) is 0. The second-order valence-corrected chi connectivity index (χ2v) is 8.36. The number of rotatable bonds is 4. The van der Waals surface area contributed by atoms with Crippen molar-refractivity contribution in [3.63, 3.8) is 0 Å². The van der Waals surface area contributed by atoms with Crippen molar-refractivity contribution in [2.24, 2.45) is 5.41 Å². The lowest BCUT2D eigenvalue weighted by molar-refractivity contribution is -0.00363. The Kier molecular flexibility index (Phi) is 4.57. The minimum Gasteiger partial charge on any atom is -0.450 e. The van der Waals surface area contributed by atoms with Gasteiger partial charge in [0.15, 0.2) is 0 Å². The predicted octanol–water partition coefficient (Wildman–Crippen LogP) is 2.71. The van der Waals surface area contributed by atoms with E-state index < -0.39 is 10.1 Å². The number of carbonyl (C=O) groups is 1. The molecule has 6 nitrogen and oxygen atoms in total. The Labute approximate surface area is 142 Å². The number of hydrogen-bond acceptors (Lipinski definition) is 5. The summed E-state index contributed by atoms with van der Waals surface area (Å²) >= 11 is 0. The predicted molar refractivity (Wildman–Crippen MR) is 88.1 cm³/mol. The van der Waals surface area contributed by atoms with E-state index >= 15 is 0 Å². The zero-order chi connectivity index (χ0) is 17.4. The number of hydrogen-bond donors (Lipinski definition) is 0. The van der Waals surface area contributed by atoms with Crippen LogP contribution in [0.5, 0.6) is 0 Å². The van der Waals surface area contributed by atoms with Crippen LogP contribution in [-0.2, 0) is 19.0 Å². The van der Waals surface area contributed by atoms with Gasteiger partial charge in [-0.2, -0.15) is 8.42 Å². The van der Waals surface area contributed by atoms with Gasteiger partial charge in [0.2, 0.25) is 0 Å². The molecular formula is C17H23NO5S. The van der Waals surface area contributed by atoms with Gasteiger partial charge in [-0.1, -0.05) is 17.7 Å². The number of benzene rings is 1. The van der Waals surface area contributed by atoms with E-state index in [1.54, 1.807) is 36.1 Å². The molecule has 1 saturated carbocycles. The molecular weight excluding hydrogens is 330 g/mol. The first-order valence-electron chi connectivity index (χ1n) is 8.25. The Morgan fingerprint density at radius 3 is 2.58 bits per heavy atom. The van der Waals surface area contributed by atoms with Crippen molar-refractivity contribution in [2.75, 3.05) is 19.7 Å². The quantitative estimate of drug-likeness (QED) is 0.778. The summed E-state index contributed by atoms with van der Waals surface area (Å²) in [6.07, 6.45) is 1.62. The van der Waals surface area contributed by atoms with Gasteiger partial charge in [-0.3, -0.25) is 4.18 Å². The molecule has 1 unspecified atom stereocenters. The molecule has 2 fully saturated rings. The topological polar surface area (TPSA) is 72.9 Å². The highest BCUT2D eigenvalue weighted by Crippen LogP contribution is 2.47. The maximum absolute atomic E-state index is 12.4. The number of carbonyl (C=O) groups excluding carboxylic acids is 1. The van der Waals surface area contributed by atoms with Crippen LogP contribution >= 0.6 is 0 Å². The van der Waals surface area contributed by atoms with Crippen molar-refractivity contribution in [2.45, 2.75) is 44.1 Å². The third kappa shape index (κ3) is 3.42. The monoisotopic (exact) mass is 353 g/mol. The minimum absolute atomic E-state index is 0.0137. The van der Waals surface area contributed by atoms with Gasteiger partial charge >= 0.3 is 6.09 Å². The summed E-state index contributed by atoms with van der Waals surface area (Å²) in [6, 6.07) is 6.66. The lowest BCUT2D eigenvalue weighted by Gasteiger charge is -2.47. The largest absolute Gasteiger partial charge is 0.450 e. The van der Waals surface area contributed by atoms with Gasteiger partial charge in [-0.15, -0.1) is 0 Å². The van der Waals surface area contributed by atoms with E-state index in [2.05, 4.69) is 0 Å². The lowest BCUT2D eigenvalue weighted by atomic mass is 9.78. The van der Waals surface area contributed by atoms with Gasteiger partial charge < -0.3 is 9.64 Å². The van der Waals surface area contributed by atoms with Crippen molar-refractivity contribution < 1.29 is 22.1 Å². The standard InChI is InChI=1S/C17H23NO5S/c1-3-22-16(19)18-11-17(12-18)9-8-14(10-17)23-24(20,21)15-6-4-13(2)5-7-15/h4-7,14H,3,8-12H2,1-2H3. The molecule has 1 aliphatic carbocycles. The first-order chi connectivity index (χ1) is 11.3.